The van der Waals surface area contributed by atoms with Gasteiger partial charge in [-0.25, -0.2) is 0 Å². The highest BCUT2D eigenvalue weighted by Gasteiger charge is 2.21. The number of hydrogen-bond donors (Lipinski definition) is 0. The SMILES string of the molecule is c1ccc(-c2ccc(N(c3ccc4c(c3)sc3ccccc34)c3ccc4sc5cc(N(c6ccccc6)c6ccc7c(c6)sc6ccc(N(c8ccccc8)c8ccccc8)cc67)ccc5c4c3)cc2)cc1. The summed E-state index contributed by atoms with van der Waals surface area (Å²) in [5.74, 6) is 0. The van der Waals surface area contributed by atoms with Crippen LogP contribution in [0.25, 0.3) is 71.6 Å². The second-order valence-electron chi connectivity index (χ2n) is 18.1. The van der Waals surface area contributed by atoms with Gasteiger partial charge in [-0.3, -0.25) is 0 Å². The van der Waals surface area contributed by atoms with Crippen molar-refractivity contribution in [3.63, 3.8) is 0 Å². The molecule has 6 heteroatoms. The van der Waals surface area contributed by atoms with Gasteiger partial charge in [0, 0.05) is 112 Å². The van der Waals surface area contributed by atoms with Crippen LogP contribution in [0.15, 0.2) is 261 Å². The number of fused-ring (bicyclic) bond motifs is 9. The van der Waals surface area contributed by atoms with Crippen LogP contribution in [0.3, 0.4) is 0 Å². The summed E-state index contributed by atoms with van der Waals surface area (Å²) in [6, 6.07) is 95.3. The van der Waals surface area contributed by atoms with Crippen LogP contribution in [0.2, 0.25) is 0 Å². The summed E-state index contributed by atoms with van der Waals surface area (Å²) in [4.78, 5) is 7.16. The van der Waals surface area contributed by atoms with E-state index in [-0.39, 0.29) is 0 Å². The van der Waals surface area contributed by atoms with Crippen molar-refractivity contribution in [3.8, 4) is 11.1 Å². The molecule has 0 atom stereocenters. The standard InChI is InChI=1S/C66H43N3S3/c1-5-15-44(16-6-1)45-25-27-49(28-26-45)69(54-29-34-56-55-23-13-14-24-61(55)70-64(56)41-54)51-33-38-63-60(40-51)58-36-31-53(43-66(58)72-63)68(48-21-11-4-12-22-48)52-30-35-57-59-39-50(32-37-62(59)71-65(57)42-52)67(46-17-7-2-8-18-46)47-19-9-3-10-20-47/h1-43H. The summed E-state index contributed by atoms with van der Waals surface area (Å²) in [6.07, 6.45) is 0. The Morgan fingerprint density at radius 1 is 0.181 bits per heavy atom. The minimum atomic E-state index is 1.12. The van der Waals surface area contributed by atoms with Gasteiger partial charge in [0.15, 0.2) is 0 Å². The molecule has 0 fully saturated rings. The third-order valence-corrected chi connectivity index (χ3v) is 17.2. The van der Waals surface area contributed by atoms with Crippen LogP contribution in [-0.4, -0.2) is 0 Å². The largest absolute Gasteiger partial charge is 0.310 e. The third-order valence-electron chi connectivity index (χ3n) is 13.8. The fraction of sp³-hybridized carbons (Fsp3) is 0. The summed E-state index contributed by atoms with van der Waals surface area (Å²) in [7, 11) is 0. The number of benzene rings is 11. The minimum absolute atomic E-state index is 1.12. The van der Waals surface area contributed by atoms with Crippen LogP contribution in [0.5, 0.6) is 0 Å². The summed E-state index contributed by atoms with van der Waals surface area (Å²) in [5, 5.41) is 7.63. The van der Waals surface area contributed by atoms with Gasteiger partial charge < -0.3 is 14.7 Å². The van der Waals surface area contributed by atoms with Gasteiger partial charge in [0.05, 0.1) is 0 Å². The molecule has 0 saturated carbocycles. The Morgan fingerprint density at radius 3 is 0.931 bits per heavy atom. The van der Waals surface area contributed by atoms with E-state index in [0.29, 0.717) is 0 Å². The lowest BCUT2D eigenvalue weighted by Crippen LogP contribution is -2.09. The van der Waals surface area contributed by atoms with Crippen molar-refractivity contribution < 1.29 is 0 Å². The van der Waals surface area contributed by atoms with E-state index in [9.17, 15) is 0 Å². The number of rotatable bonds is 10. The molecular formula is C66H43N3S3. The molecule has 72 heavy (non-hydrogen) atoms. The van der Waals surface area contributed by atoms with Crippen LogP contribution in [-0.2, 0) is 0 Å². The Balaban J connectivity index is 0.852. The molecule has 14 rings (SSSR count). The van der Waals surface area contributed by atoms with Gasteiger partial charge in [0.25, 0.3) is 0 Å². The molecule has 0 saturated heterocycles. The maximum absolute atomic E-state index is 2.42. The van der Waals surface area contributed by atoms with Crippen molar-refractivity contribution in [2.75, 3.05) is 14.7 Å². The first kappa shape index (κ1) is 42.4. The minimum Gasteiger partial charge on any atom is -0.310 e. The Hall–Kier alpha value is -8.52. The van der Waals surface area contributed by atoms with E-state index in [1.165, 1.54) is 71.6 Å². The third kappa shape index (κ3) is 7.47. The van der Waals surface area contributed by atoms with Crippen molar-refractivity contribution in [3.05, 3.63) is 261 Å². The molecule has 0 N–H and O–H groups in total. The van der Waals surface area contributed by atoms with Gasteiger partial charge in [-0.15, -0.1) is 34.0 Å². The molecule has 0 spiro atoms. The van der Waals surface area contributed by atoms with E-state index in [1.807, 2.05) is 34.0 Å². The first-order valence-electron chi connectivity index (χ1n) is 24.2. The smallest absolute Gasteiger partial charge is 0.0476 e. The van der Waals surface area contributed by atoms with Crippen LogP contribution < -0.4 is 14.7 Å². The zero-order chi connectivity index (χ0) is 47.5. The second kappa shape index (κ2) is 17.7. The molecule has 0 radical (unpaired) electrons. The number of anilines is 9. The van der Waals surface area contributed by atoms with E-state index in [0.717, 1.165) is 51.2 Å². The molecule has 3 aromatic heterocycles. The van der Waals surface area contributed by atoms with Crippen molar-refractivity contribution >= 4 is 146 Å². The molecule has 0 aliphatic carbocycles. The lowest BCUT2D eigenvalue weighted by atomic mass is 10.0. The lowest BCUT2D eigenvalue weighted by molar-refractivity contribution is 1.29. The van der Waals surface area contributed by atoms with Crippen molar-refractivity contribution in [1.82, 2.24) is 0 Å². The Kier molecular flexibility index (Phi) is 10.4. The average Bonchev–Trinajstić information content (AvgIpc) is 4.13. The molecule has 0 amide bonds. The molecule has 3 heterocycles. The van der Waals surface area contributed by atoms with Crippen molar-refractivity contribution in [2.45, 2.75) is 0 Å². The summed E-state index contributed by atoms with van der Waals surface area (Å²) in [6.45, 7) is 0. The Morgan fingerprint density at radius 2 is 0.472 bits per heavy atom. The molecule has 11 aromatic carbocycles. The predicted octanol–water partition coefficient (Wildman–Crippen LogP) is 20.9. The summed E-state index contributed by atoms with van der Waals surface area (Å²) < 4.78 is 7.64. The summed E-state index contributed by atoms with van der Waals surface area (Å²) in [5.41, 5.74) is 12.6. The molecule has 0 aliphatic rings. The van der Waals surface area contributed by atoms with E-state index in [1.54, 1.807) is 0 Å². The highest BCUT2D eigenvalue weighted by Crippen LogP contribution is 2.47. The normalized spacial score (nSPS) is 11.6. The van der Waals surface area contributed by atoms with Crippen molar-refractivity contribution in [2.24, 2.45) is 0 Å². The van der Waals surface area contributed by atoms with Crippen LogP contribution in [0.4, 0.5) is 51.2 Å². The zero-order valence-electron chi connectivity index (χ0n) is 38.9. The molecule has 0 bridgehead atoms. The van der Waals surface area contributed by atoms with E-state index in [2.05, 4.69) is 276 Å². The highest BCUT2D eigenvalue weighted by atomic mass is 32.1. The first-order valence-corrected chi connectivity index (χ1v) is 26.7. The fourth-order valence-corrected chi connectivity index (χ4v) is 13.8. The van der Waals surface area contributed by atoms with Crippen molar-refractivity contribution in [1.29, 1.82) is 0 Å². The van der Waals surface area contributed by atoms with Gasteiger partial charge in [-0.05, 0) is 139 Å². The van der Waals surface area contributed by atoms with Gasteiger partial charge >= 0.3 is 0 Å². The van der Waals surface area contributed by atoms with Gasteiger partial charge in [-0.2, -0.15) is 0 Å². The molecule has 0 unspecified atom stereocenters. The lowest BCUT2D eigenvalue weighted by Gasteiger charge is -2.26. The monoisotopic (exact) mass is 973 g/mol. The van der Waals surface area contributed by atoms with Crippen LogP contribution in [0, 0.1) is 0 Å². The first-order chi connectivity index (χ1) is 35.7. The fourth-order valence-electron chi connectivity index (χ4n) is 10.4. The summed E-state index contributed by atoms with van der Waals surface area (Å²) >= 11 is 5.58. The molecule has 3 nitrogen and oxygen atoms in total. The number of thiophene rings is 3. The van der Waals surface area contributed by atoms with E-state index < -0.39 is 0 Å². The van der Waals surface area contributed by atoms with Crippen LogP contribution in [0.1, 0.15) is 0 Å². The predicted molar refractivity (Wildman–Crippen MR) is 315 cm³/mol. The van der Waals surface area contributed by atoms with Gasteiger partial charge in [-0.1, -0.05) is 133 Å². The van der Waals surface area contributed by atoms with Crippen LogP contribution >= 0.6 is 34.0 Å². The molecule has 340 valence electrons. The maximum Gasteiger partial charge on any atom is 0.0476 e. The molecule has 0 aliphatic heterocycles. The Bertz CT molecular complexity index is 4240. The van der Waals surface area contributed by atoms with E-state index >= 15 is 0 Å². The maximum atomic E-state index is 2.42. The number of para-hydroxylation sites is 3. The zero-order valence-corrected chi connectivity index (χ0v) is 41.3. The second-order valence-corrected chi connectivity index (χ2v) is 21.4. The quantitative estimate of drug-likeness (QED) is 0.135. The number of hydrogen-bond acceptors (Lipinski definition) is 6. The van der Waals surface area contributed by atoms with Gasteiger partial charge in [0.2, 0.25) is 0 Å². The molecule has 14 aromatic rings. The molecular weight excluding hydrogens is 931 g/mol. The number of nitrogens with zero attached hydrogens (tertiary/aromatic N) is 3. The van der Waals surface area contributed by atoms with E-state index in [4.69, 9.17) is 0 Å². The average molecular weight is 974 g/mol. The topological polar surface area (TPSA) is 9.72 Å². The highest BCUT2D eigenvalue weighted by molar-refractivity contribution is 7.26. The Labute approximate surface area is 429 Å². The van der Waals surface area contributed by atoms with Gasteiger partial charge in [0.1, 0.15) is 0 Å².